The summed E-state index contributed by atoms with van der Waals surface area (Å²) in [6.45, 7) is 1.61. The van der Waals surface area contributed by atoms with E-state index in [1.165, 1.54) is 6.92 Å². The predicted molar refractivity (Wildman–Crippen MR) is 76.8 cm³/mol. The summed E-state index contributed by atoms with van der Waals surface area (Å²) in [5.74, 6) is -1.19. The second-order valence-corrected chi connectivity index (χ2v) is 5.42. The lowest BCUT2D eigenvalue weighted by Crippen LogP contribution is -2.35. The van der Waals surface area contributed by atoms with E-state index in [1.807, 2.05) is 0 Å². The third-order valence-electron chi connectivity index (χ3n) is 3.57. The molecule has 112 valence electrons. The van der Waals surface area contributed by atoms with E-state index in [4.69, 9.17) is 5.11 Å². The van der Waals surface area contributed by atoms with Crippen molar-refractivity contribution in [3.8, 4) is 0 Å². The molecule has 0 unspecified atom stereocenters. The second kappa shape index (κ2) is 5.95. The number of anilines is 1. The van der Waals surface area contributed by atoms with Crippen LogP contribution in [-0.2, 0) is 20.8 Å². The quantitative estimate of drug-likeness (QED) is 0.732. The number of hydrogen-bond donors (Lipinski definition) is 3. The summed E-state index contributed by atoms with van der Waals surface area (Å²) in [5, 5.41) is 14.3. The molecule has 0 heterocycles. The van der Waals surface area contributed by atoms with Gasteiger partial charge in [0.1, 0.15) is 0 Å². The summed E-state index contributed by atoms with van der Waals surface area (Å²) in [6, 6.07) is 6.97. The van der Waals surface area contributed by atoms with Crippen LogP contribution < -0.4 is 10.6 Å². The Morgan fingerprint density at radius 2 is 1.81 bits per heavy atom. The highest BCUT2D eigenvalue weighted by Gasteiger charge is 2.50. The highest BCUT2D eigenvalue weighted by Crippen LogP contribution is 2.45. The number of nitrogens with one attached hydrogen (secondary N) is 2. The summed E-state index contributed by atoms with van der Waals surface area (Å²) < 4.78 is 0. The summed E-state index contributed by atoms with van der Waals surface area (Å²) in [4.78, 5) is 33.7. The maximum atomic E-state index is 11.8. The molecule has 1 aromatic rings. The van der Waals surface area contributed by atoms with Gasteiger partial charge in [-0.25, -0.2) is 0 Å². The molecular weight excluding hydrogens is 272 g/mol. The van der Waals surface area contributed by atoms with Crippen molar-refractivity contribution < 1.29 is 19.5 Å². The third-order valence-corrected chi connectivity index (χ3v) is 3.57. The maximum Gasteiger partial charge on any atom is 0.311 e. The van der Waals surface area contributed by atoms with Crippen molar-refractivity contribution in [2.24, 2.45) is 5.41 Å². The van der Waals surface area contributed by atoms with Crippen LogP contribution in [0.2, 0.25) is 0 Å². The molecule has 0 aliphatic heterocycles. The van der Waals surface area contributed by atoms with Crippen molar-refractivity contribution in [1.82, 2.24) is 5.32 Å². The van der Waals surface area contributed by atoms with Crippen LogP contribution in [0.4, 0.5) is 5.69 Å². The Bertz CT molecular complexity index is 562. The first kappa shape index (κ1) is 15.0. The van der Waals surface area contributed by atoms with E-state index in [-0.39, 0.29) is 24.8 Å². The molecule has 0 radical (unpaired) electrons. The fraction of sp³-hybridized carbons (Fsp3) is 0.400. The largest absolute Gasteiger partial charge is 0.481 e. The van der Waals surface area contributed by atoms with Crippen LogP contribution in [0.15, 0.2) is 24.3 Å². The lowest BCUT2D eigenvalue weighted by Gasteiger charge is -2.11. The lowest BCUT2D eigenvalue weighted by atomic mass is 10.1. The fourth-order valence-electron chi connectivity index (χ4n) is 2.04. The Labute approximate surface area is 122 Å². The van der Waals surface area contributed by atoms with E-state index in [0.29, 0.717) is 18.5 Å². The lowest BCUT2D eigenvalue weighted by molar-refractivity contribution is -0.143. The van der Waals surface area contributed by atoms with Crippen LogP contribution in [0.1, 0.15) is 25.3 Å². The molecule has 2 rings (SSSR count). The molecule has 0 aromatic heterocycles. The first-order valence-electron chi connectivity index (χ1n) is 6.78. The molecular formula is C15H18N2O4. The van der Waals surface area contributed by atoms with Gasteiger partial charge in [-0.2, -0.15) is 0 Å². The van der Waals surface area contributed by atoms with Gasteiger partial charge in [-0.3, -0.25) is 14.4 Å². The van der Waals surface area contributed by atoms with E-state index in [2.05, 4.69) is 10.6 Å². The van der Waals surface area contributed by atoms with Crippen molar-refractivity contribution in [2.75, 3.05) is 11.9 Å². The standard InChI is InChI=1S/C15H18N2O4/c1-10(18)17-12-4-2-11(3-5-12)8-13(19)16-9-15(6-7-15)14(20)21/h2-5H,6-9H2,1H3,(H,16,19)(H,17,18)(H,20,21). The SMILES string of the molecule is CC(=O)Nc1ccc(CC(=O)NCC2(C(=O)O)CC2)cc1. The van der Waals surface area contributed by atoms with Gasteiger partial charge in [0.25, 0.3) is 0 Å². The van der Waals surface area contributed by atoms with Gasteiger partial charge in [-0.15, -0.1) is 0 Å². The van der Waals surface area contributed by atoms with Gasteiger partial charge in [0, 0.05) is 19.2 Å². The molecule has 1 saturated carbocycles. The predicted octanol–water partition coefficient (Wildman–Crippen LogP) is 1.17. The molecule has 21 heavy (non-hydrogen) atoms. The Balaban J connectivity index is 1.82. The summed E-state index contributed by atoms with van der Waals surface area (Å²) >= 11 is 0. The van der Waals surface area contributed by atoms with Crippen LogP contribution in [-0.4, -0.2) is 29.4 Å². The molecule has 0 spiro atoms. The molecule has 0 saturated heterocycles. The van der Waals surface area contributed by atoms with E-state index >= 15 is 0 Å². The van der Waals surface area contributed by atoms with Crippen molar-refractivity contribution in [3.05, 3.63) is 29.8 Å². The van der Waals surface area contributed by atoms with Crippen LogP contribution in [0.5, 0.6) is 0 Å². The van der Waals surface area contributed by atoms with E-state index < -0.39 is 11.4 Å². The Morgan fingerprint density at radius 1 is 1.19 bits per heavy atom. The van der Waals surface area contributed by atoms with E-state index in [0.717, 1.165) is 5.56 Å². The first-order chi connectivity index (χ1) is 9.91. The Morgan fingerprint density at radius 3 is 2.29 bits per heavy atom. The van der Waals surface area contributed by atoms with Gasteiger partial charge >= 0.3 is 5.97 Å². The van der Waals surface area contributed by atoms with E-state index in [1.54, 1.807) is 24.3 Å². The van der Waals surface area contributed by atoms with E-state index in [9.17, 15) is 14.4 Å². The number of hydrogen-bond acceptors (Lipinski definition) is 3. The van der Waals surface area contributed by atoms with Gasteiger partial charge in [-0.05, 0) is 30.5 Å². The average Bonchev–Trinajstić information content (AvgIpc) is 3.19. The summed E-state index contributed by atoms with van der Waals surface area (Å²) in [5.41, 5.74) is 0.738. The summed E-state index contributed by atoms with van der Waals surface area (Å²) in [7, 11) is 0. The molecule has 6 heteroatoms. The third kappa shape index (κ3) is 4.05. The van der Waals surface area contributed by atoms with Crippen molar-refractivity contribution in [3.63, 3.8) is 0 Å². The maximum absolute atomic E-state index is 11.8. The van der Waals surface area contributed by atoms with Gasteiger partial charge in [0.15, 0.2) is 0 Å². The van der Waals surface area contributed by atoms with Gasteiger partial charge < -0.3 is 15.7 Å². The molecule has 1 aliphatic carbocycles. The second-order valence-electron chi connectivity index (χ2n) is 5.42. The number of benzene rings is 1. The molecule has 1 fully saturated rings. The minimum Gasteiger partial charge on any atom is -0.481 e. The molecule has 3 N–H and O–H groups in total. The molecule has 1 aromatic carbocycles. The number of rotatable bonds is 6. The topological polar surface area (TPSA) is 95.5 Å². The van der Waals surface area contributed by atoms with Gasteiger partial charge in [0.05, 0.1) is 11.8 Å². The van der Waals surface area contributed by atoms with Crippen molar-refractivity contribution >= 4 is 23.5 Å². The number of carbonyl (C=O) groups excluding carboxylic acids is 2. The smallest absolute Gasteiger partial charge is 0.311 e. The van der Waals surface area contributed by atoms with Gasteiger partial charge in [-0.1, -0.05) is 12.1 Å². The van der Waals surface area contributed by atoms with Crippen LogP contribution in [0, 0.1) is 5.41 Å². The summed E-state index contributed by atoms with van der Waals surface area (Å²) in [6.07, 6.45) is 1.43. The Hall–Kier alpha value is -2.37. The fourth-order valence-corrected chi connectivity index (χ4v) is 2.04. The average molecular weight is 290 g/mol. The minimum atomic E-state index is -0.845. The number of carboxylic acids is 1. The van der Waals surface area contributed by atoms with Crippen molar-refractivity contribution in [1.29, 1.82) is 0 Å². The molecule has 0 atom stereocenters. The van der Waals surface area contributed by atoms with Crippen molar-refractivity contribution in [2.45, 2.75) is 26.2 Å². The molecule has 6 nitrogen and oxygen atoms in total. The number of aliphatic carboxylic acids is 1. The molecule has 2 amide bonds. The normalized spacial score (nSPS) is 15.1. The van der Waals surface area contributed by atoms with Gasteiger partial charge in [0.2, 0.25) is 11.8 Å². The zero-order chi connectivity index (χ0) is 15.5. The number of carboxylic acid groups (broad SMARTS) is 1. The van der Waals surface area contributed by atoms with Crippen LogP contribution in [0.3, 0.4) is 0 Å². The monoisotopic (exact) mass is 290 g/mol. The zero-order valence-electron chi connectivity index (χ0n) is 11.8. The van der Waals surface area contributed by atoms with Crippen LogP contribution >= 0.6 is 0 Å². The number of carbonyl (C=O) groups is 3. The number of amides is 2. The minimum absolute atomic E-state index is 0.149. The Kier molecular flexibility index (Phi) is 4.26. The zero-order valence-corrected chi connectivity index (χ0v) is 11.8. The van der Waals surface area contributed by atoms with Crippen LogP contribution in [0.25, 0.3) is 0 Å². The highest BCUT2D eigenvalue weighted by atomic mass is 16.4. The molecule has 0 bridgehead atoms. The highest BCUT2D eigenvalue weighted by molar-refractivity contribution is 5.88. The first-order valence-corrected chi connectivity index (χ1v) is 6.78. The molecule has 1 aliphatic rings.